The number of para-hydroxylation sites is 1. The predicted octanol–water partition coefficient (Wildman–Crippen LogP) is 2.37. The third-order valence-electron chi connectivity index (χ3n) is 3.66. The zero-order valence-electron chi connectivity index (χ0n) is 14.8. The number of ether oxygens (including phenoxy) is 2. The number of nitrogens with zero attached hydrogens (tertiary/aromatic N) is 1. The van der Waals surface area contributed by atoms with Crippen molar-refractivity contribution in [3.8, 4) is 11.8 Å². The van der Waals surface area contributed by atoms with E-state index in [4.69, 9.17) is 14.7 Å². The Balaban J connectivity index is 1.72. The number of nitrogens with one attached hydrogen (secondary N) is 1. The number of amides is 1. The second-order valence-corrected chi connectivity index (χ2v) is 5.70. The molecule has 0 radical (unpaired) electrons. The molecule has 27 heavy (non-hydrogen) atoms. The standard InChI is InChI=1S/C20H19FN2O4/c1-14(20(25)23-11-10-15-6-8-17(21)9-7-15)27-19(24)13-26-18-5-3-2-4-16(18)12-22/h2-9,14H,10-11,13H2,1H3,(H,23,25)/t14-/m1/s1. The number of esters is 1. The quantitative estimate of drug-likeness (QED) is 0.721. The lowest BCUT2D eigenvalue weighted by atomic mass is 10.1. The van der Waals surface area contributed by atoms with Crippen LogP contribution in [0.2, 0.25) is 0 Å². The molecule has 0 heterocycles. The first-order valence-electron chi connectivity index (χ1n) is 8.33. The highest BCUT2D eigenvalue weighted by Crippen LogP contribution is 2.16. The molecule has 0 spiro atoms. The van der Waals surface area contributed by atoms with Gasteiger partial charge in [-0.1, -0.05) is 24.3 Å². The van der Waals surface area contributed by atoms with Gasteiger partial charge in [-0.2, -0.15) is 5.26 Å². The molecular formula is C20H19FN2O4. The average molecular weight is 370 g/mol. The van der Waals surface area contributed by atoms with Crippen LogP contribution in [0.5, 0.6) is 5.75 Å². The van der Waals surface area contributed by atoms with E-state index in [9.17, 15) is 14.0 Å². The van der Waals surface area contributed by atoms with E-state index >= 15 is 0 Å². The maximum Gasteiger partial charge on any atom is 0.344 e. The van der Waals surface area contributed by atoms with Gasteiger partial charge in [0, 0.05) is 6.54 Å². The molecule has 140 valence electrons. The van der Waals surface area contributed by atoms with Crippen molar-refractivity contribution in [2.24, 2.45) is 0 Å². The zero-order chi connectivity index (χ0) is 19.6. The topological polar surface area (TPSA) is 88.4 Å². The Labute approximate surface area is 156 Å². The van der Waals surface area contributed by atoms with Gasteiger partial charge in [-0.3, -0.25) is 4.79 Å². The summed E-state index contributed by atoms with van der Waals surface area (Å²) in [6.45, 7) is 1.37. The Bertz CT molecular complexity index is 831. The van der Waals surface area contributed by atoms with Gasteiger partial charge in [0.15, 0.2) is 12.7 Å². The largest absolute Gasteiger partial charge is 0.481 e. The molecule has 7 heteroatoms. The van der Waals surface area contributed by atoms with E-state index in [1.165, 1.54) is 19.1 Å². The average Bonchev–Trinajstić information content (AvgIpc) is 2.68. The van der Waals surface area contributed by atoms with Gasteiger partial charge in [-0.05, 0) is 43.2 Å². The Morgan fingerprint density at radius 1 is 1.19 bits per heavy atom. The fourth-order valence-electron chi connectivity index (χ4n) is 2.23. The fraction of sp³-hybridized carbons (Fsp3) is 0.250. The molecular weight excluding hydrogens is 351 g/mol. The Morgan fingerprint density at radius 2 is 1.89 bits per heavy atom. The Hall–Kier alpha value is -3.40. The minimum Gasteiger partial charge on any atom is -0.481 e. The lowest BCUT2D eigenvalue weighted by molar-refractivity contribution is -0.156. The van der Waals surface area contributed by atoms with Crippen LogP contribution < -0.4 is 10.1 Å². The van der Waals surface area contributed by atoms with Gasteiger partial charge < -0.3 is 14.8 Å². The van der Waals surface area contributed by atoms with Crippen molar-refractivity contribution < 1.29 is 23.5 Å². The summed E-state index contributed by atoms with van der Waals surface area (Å²) in [6, 6.07) is 14.4. The highest BCUT2D eigenvalue weighted by molar-refractivity contribution is 5.83. The van der Waals surface area contributed by atoms with Crippen LogP contribution in [-0.2, 0) is 20.7 Å². The van der Waals surface area contributed by atoms with E-state index < -0.39 is 24.6 Å². The van der Waals surface area contributed by atoms with Crippen LogP contribution in [0.3, 0.4) is 0 Å². The van der Waals surface area contributed by atoms with Gasteiger partial charge in [0.05, 0.1) is 5.56 Å². The third-order valence-corrected chi connectivity index (χ3v) is 3.66. The number of carbonyl (C=O) groups excluding carboxylic acids is 2. The Kier molecular flexibility index (Phi) is 7.32. The molecule has 0 aliphatic carbocycles. The monoisotopic (exact) mass is 370 g/mol. The van der Waals surface area contributed by atoms with Crippen molar-refractivity contribution in [1.29, 1.82) is 5.26 Å². The zero-order valence-corrected chi connectivity index (χ0v) is 14.8. The number of benzene rings is 2. The van der Waals surface area contributed by atoms with Crippen LogP contribution in [0.1, 0.15) is 18.1 Å². The molecule has 0 saturated carbocycles. The Morgan fingerprint density at radius 3 is 2.59 bits per heavy atom. The molecule has 0 aliphatic heterocycles. The highest BCUT2D eigenvalue weighted by Gasteiger charge is 2.18. The SMILES string of the molecule is C[C@@H](OC(=O)COc1ccccc1C#N)C(=O)NCCc1ccc(F)cc1. The van der Waals surface area contributed by atoms with Crippen LogP contribution in [0.15, 0.2) is 48.5 Å². The molecule has 6 nitrogen and oxygen atoms in total. The van der Waals surface area contributed by atoms with E-state index in [-0.39, 0.29) is 11.6 Å². The molecule has 0 unspecified atom stereocenters. The summed E-state index contributed by atoms with van der Waals surface area (Å²) in [4.78, 5) is 23.8. The predicted molar refractivity (Wildman–Crippen MR) is 95.3 cm³/mol. The molecule has 0 bridgehead atoms. The van der Waals surface area contributed by atoms with Gasteiger partial charge in [-0.25, -0.2) is 9.18 Å². The van der Waals surface area contributed by atoms with Gasteiger partial charge in [0.2, 0.25) is 0 Å². The summed E-state index contributed by atoms with van der Waals surface area (Å²) < 4.78 is 23.1. The van der Waals surface area contributed by atoms with Crippen LogP contribution in [0.25, 0.3) is 0 Å². The first-order chi connectivity index (χ1) is 13.0. The van der Waals surface area contributed by atoms with Crippen LogP contribution in [0.4, 0.5) is 4.39 Å². The lowest BCUT2D eigenvalue weighted by Gasteiger charge is -2.14. The third kappa shape index (κ3) is 6.44. The van der Waals surface area contributed by atoms with Gasteiger partial charge in [0.25, 0.3) is 5.91 Å². The minimum atomic E-state index is -0.986. The van der Waals surface area contributed by atoms with Crippen molar-refractivity contribution in [2.45, 2.75) is 19.4 Å². The first-order valence-corrected chi connectivity index (χ1v) is 8.33. The van der Waals surface area contributed by atoms with Crippen molar-refractivity contribution >= 4 is 11.9 Å². The van der Waals surface area contributed by atoms with Gasteiger partial charge in [0.1, 0.15) is 17.6 Å². The van der Waals surface area contributed by atoms with E-state index in [1.807, 2.05) is 6.07 Å². The fourth-order valence-corrected chi connectivity index (χ4v) is 2.23. The van der Waals surface area contributed by atoms with Crippen LogP contribution >= 0.6 is 0 Å². The van der Waals surface area contributed by atoms with Crippen LogP contribution in [-0.4, -0.2) is 31.1 Å². The van der Waals surface area contributed by atoms with Crippen molar-refractivity contribution in [3.05, 3.63) is 65.5 Å². The maximum atomic E-state index is 12.8. The number of hydrogen-bond acceptors (Lipinski definition) is 5. The molecule has 2 aromatic carbocycles. The van der Waals surface area contributed by atoms with E-state index in [1.54, 1.807) is 36.4 Å². The number of halogens is 1. The number of hydrogen-bond donors (Lipinski definition) is 1. The van der Waals surface area contributed by atoms with E-state index in [2.05, 4.69) is 5.32 Å². The van der Waals surface area contributed by atoms with Crippen LogP contribution in [0, 0.1) is 17.1 Å². The molecule has 2 aromatic rings. The molecule has 0 aromatic heterocycles. The molecule has 0 saturated heterocycles. The molecule has 1 N–H and O–H groups in total. The summed E-state index contributed by atoms with van der Waals surface area (Å²) in [5, 5.41) is 11.6. The maximum absolute atomic E-state index is 12.8. The van der Waals surface area contributed by atoms with Crippen molar-refractivity contribution in [1.82, 2.24) is 5.32 Å². The van der Waals surface area contributed by atoms with Crippen molar-refractivity contribution in [3.63, 3.8) is 0 Å². The summed E-state index contributed by atoms with van der Waals surface area (Å²) in [5.41, 5.74) is 1.18. The summed E-state index contributed by atoms with van der Waals surface area (Å²) in [5.74, 6) is -1.21. The smallest absolute Gasteiger partial charge is 0.344 e. The number of carbonyl (C=O) groups is 2. The van der Waals surface area contributed by atoms with E-state index in [0.717, 1.165) is 5.56 Å². The van der Waals surface area contributed by atoms with Crippen molar-refractivity contribution in [2.75, 3.05) is 13.2 Å². The molecule has 1 amide bonds. The van der Waals surface area contributed by atoms with E-state index in [0.29, 0.717) is 18.5 Å². The summed E-state index contributed by atoms with van der Waals surface area (Å²) >= 11 is 0. The molecule has 2 rings (SSSR count). The van der Waals surface area contributed by atoms with Gasteiger partial charge in [-0.15, -0.1) is 0 Å². The molecule has 0 aliphatic rings. The second-order valence-electron chi connectivity index (χ2n) is 5.70. The number of nitriles is 1. The molecule has 0 fully saturated rings. The first kappa shape index (κ1) is 19.9. The summed E-state index contributed by atoms with van der Waals surface area (Å²) in [7, 11) is 0. The second kappa shape index (κ2) is 9.92. The van der Waals surface area contributed by atoms with Gasteiger partial charge >= 0.3 is 5.97 Å². The lowest BCUT2D eigenvalue weighted by Crippen LogP contribution is -2.37. The summed E-state index contributed by atoms with van der Waals surface area (Å²) in [6.07, 6.45) is -0.457. The molecule has 1 atom stereocenters. The highest BCUT2D eigenvalue weighted by atomic mass is 19.1. The normalized spacial score (nSPS) is 11.1. The number of rotatable bonds is 8. The minimum absolute atomic E-state index is 0.272.